The third kappa shape index (κ3) is 2.87. The molecule has 0 unspecified atom stereocenters. The smallest absolute Gasteiger partial charge is 0.269 e. The molecule has 0 aliphatic rings. The number of anilines is 1. The van der Waals surface area contributed by atoms with E-state index in [0.717, 1.165) is 5.69 Å². The molecule has 0 aliphatic carbocycles. The summed E-state index contributed by atoms with van der Waals surface area (Å²) >= 11 is 0. The minimum absolute atomic E-state index is 0.0356. The van der Waals surface area contributed by atoms with Gasteiger partial charge in [-0.1, -0.05) is 0 Å². The summed E-state index contributed by atoms with van der Waals surface area (Å²) in [6, 6.07) is 9.80. The van der Waals surface area contributed by atoms with E-state index in [0.29, 0.717) is 5.56 Å². The van der Waals surface area contributed by atoms with Gasteiger partial charge in [-0.3, -0.25) is 10.1 Å². The first-order valence-corrected chi connectivity index (χ1v) is 7.62. The van der Waals surface area contributed by atoms with Crippen LogP contribution in [0.25, 0.3) is 0 Å². The molecule has 6 nitrogen and oxygen atoms in total. The van der Waals surface area contributed by atoms with E-state index < -0.39 is 14.8 Å². The van der Waals surface area contributed by atoms with E-state index >= 15 is 0 Å². The summed E-state index contributed by atoms with van der Waals surface area (Å²) in [6.07, 6.45) is 0. The molecule has 0 heterocycles. The van der Waals surface area contributed by atoms with Gasteiger partial charge in [-0.2, -0.15) is 0 Å². The molecule has 2 rings (SSSR count). The van der Waals surface area contributed by atoms with Gasteiger partial charge < -0.3 is 5.32 Å². The molecule has 0 saturated carbocycles. The van der Waals surface area contributed by atoms with Gasteiger partial charge in [-0.15, -0.1) is 0 Å². The van der Waals surface area contributed by atoms with Crippen molar-refractivity contribution in [2.24, 2.45) is 0 Å². The molecular formula is C14H14N2O4S. The Labute approximate surface area is 122 Å². The quantitative estimate of drug-likeness (QED) is 0.693. The molecular weight excluding hydrogens is 292 g/mol. The highest BCUT2D eigenvalue weighted by Gasteiger charge is 2.20. The van der Waals surface area contributed by atoms with E-state index in [1.165, 1.54) is 30.3 Å². The average Bonchev–Trinajstić information content (AvgIpc) is 2.46. The third-order valence-electron chi connectivity index (χ3n) is 3.11. The molecule has 0 fully saturated rings. The van der Waals surface area contributed by atoms with Crippen LogP contribution in [0.1, 0.15) is 5.56 Å². The van der Waals surface area contributed by atoms with Gasteiger partial charge in [-0.25, -0.2) is 8.42 Å². The van der Waals surface area contributed by atoms with Crippen molar-refractivity contribution in [2.75, 3.05) is 12.4 Å². The summed E-state index contributed by atoms with van der Waals surface area (Å²) in [5, 5.41) is 13.5. The lowest BCUT2D eigenvalue weighted by atomic mass is 10.2. The lowest BCUT2D eigenvalue weighted by Crippen LogP contribution is -2.05. The number of aryl methyl sites for hydroxylation is 1. The van der Waals surface area contributed by atoms with Gasteiger partial charge in [0.25, 0.3) is 5.69 Å². The average molecular weight is 306 g/mol. The Morgan fingerprint density at radius 2 is 1.71 bits per heavy atom. The van der Waals surface area contributed by atoms with Crippen LogP contribution in [0.2, 0.25) is 0 Å². The summed E-state index contributed by atoms with van der Waals surface area (Å²) in [5.74, 6) is 0. The molecule has 0 amide bonds. The Hall–Kier alpha value is -2.41. The second-order valence-electron chi connectivity index (χ2n) is 4.48. The van der Waals surface area contributed by atoms with E-state index in [4.69, 9.17) is 0 Å². The number of nitro groups is 1. The number of nitro benzene ring substituents is 1. The zero-order chi connectivity index (χ0) is 15.6. The Morgan fingerprint density at radius 1 is 1.10 bits per heavy atom. The molecule has 0 radical (unpaired) electrons. The second-order valence-corrected chi connectivity index (χ2v) is 6.40. The van der Waals surface area contributed by atoms with E-state index in [9.17, 15) is 18.5 Å². The summed E-state index contributed by atoms with van der Waals surface area (Å²) in [4.78, 5) is 10.3. The van der Waals surface area contributed by atoms with Gasteiger partial charge in [0, 0.05) is 24.9 Å². The minimum Gasteiger partial charge on any atom is -0.388 e. The number of sulfone groups is 1. The lowest BCUT2D eigenvalue weighted by molar-refractivity contribution is -0.384. The fourth-order valence-electron chi connectivity index (χ4n) is 1.98. The highest BCUT2D eigenvalue weighted by molar-refractivity contribution is 7.91. The Bertz CT molecular complexity index is 783. The molecule has 2 aromatic carbocycles. The van der Waals surface area contributed by atoms with Crippen molar-refractivity contribution < 1.29 is 13.3 Å². The van der Waals surface area contributed by atoms with Crippen molar-refractivity contribution in [2.45, 2.75) is 16.7 Å². The summed E-state index contributed by atoms with van der Waals surface area (Å²) < 4.78 is 25.1. The van der Waals surface area contributed by atoms with E-state index in [1.807, 2.05) is 0 Å². The molecule has 0 bridgehead atoms. The first-order valence-electron chi connectivity index (χ1n) is 6.14. The molecule has 0 aliphatic heterocycles. The van der Waals surface area contributed by atoms with Crippen LogP contribution in [0.3, 0.4) is 0 Å². The van der Waals surface area contributed by atoms with Crippen molar-refractivity contribution in [1.82, 2.24) is 0 Å². The molecule has 2 aromatic rings. The van der Waals surface area contributed by atoms with Gasteiger partial charge in [0.05, 0.1) is 14.7 Å². The molecule has 21 heavy (non-hydrogen) atoms. The molecule has 110 valence electrons. The van der Waals surface area contributed by atoms with Crippen LogP contribution in [0.5, 0.6) is 0 Å². The standard InChI is InChI=1S/C14H14N2O4S/c1-10-9-11(15-2)3-8-14(10)21(19,20)13-6-4-12(5-7-13)16(17)18/h3-9,15H,1-2H3. The van der Waals surface area contributed by atoms with Gasteiger partial charge in [-0.05, 0) is 42.8 Å². The zero-order valence-corrected chi connectivity index (χ0v) is 12.3. The number of benzene rings is 2. The number of nitrogens with zero attached hydrogens (tertiary/aromatic N) is 1. The second kappa shape index (κ2) is 5.53. The van der Waals surface area contributed by atoms with E-state index in [2.05, 4.69) is 5.32 Å². The van der Waals surface area contributed by atoms with Crippen molar-refractivity contribution >= 4 is 21.2 Å². The van der Waals surface area contributed by atoms with Crippen LogP contribution >= 0.6 is 0 Å². The van der Waals surface area contributed by atoms with Crippen molar-refractivity contribution in [1.29, 1.82) is 0 Å². The number of nitrogens with one attached hydrogen (secondary N) is 1. The zero-order valence-electron chi connectivity index (χ0n) is 11.5. The first kappa shape index (κ1) is 15.0. The molecule has 0 saturated heterocycles. The maximum atomic E-state index is 12.5. The number of hydrogen-bond donors (Lipinski definition) is 1. The number of hydrogen-bond acceptors (Lipinski definition) is 5. The maximum Gasteiger partial charge on any atom is 0.269 e. The molecule has 1 N–H and O–H groups in total. The molecule has 0 aromatic heterocycles. The Balaban J connectivity index is 2.49. The maximum absolute atomic E-state index is 12.5. The largest absolute Gasteiger partial charge is 0.388 e. The van der Waals surface area contributed by atoms with Crippen LogP contribution in [-0.4, -0.2) is 20.4 Å². The van der Waals surface area contributed by atoms with Crippen molar-refractivity contribution in [3.05, 3.63) is 58.1 Å². The van der Waals surface area contributed by atoms with Crippen LogP contribution in [0.15, 0.2) is 52.3 Å². The summed E-state index contributed by atoms with van der Waals surface area (Å²) in [6.45, 7) is 1.71. The van der Waals surface area contributed by atoms with Crippen molar-refractivity contribution in [3.63, 3.8) is 0 Å². The third-order valence-corrected chi connectivity index (χ3v) is 5.04. The molecule has 0 spiro atoms. The number of rotatable bonds is 4. The Morgan fingerprint density at radius 3 is 2.19 bits per heavy atom. The first-order chi connectivity index (χ1) is 9.86. The fraction of sp³-hybridized carbons (Fsp3) is 0.143. The minimum atomic E-state index is -3.69. The van der Waals surface area contributed by atoms with E-state index in [1.54, 1.807) is 26.1 Å². The molecule has 7 heteroatoms. The van der Waals surface area contributed by atoms with E-state index in [-0.39, 0.29) is 15.5 Å². The van der Waals surface area contributed by atoms with Crippen LogP contribution < -0.4 is 5.32 Å². The van der Waals surface area contributed by atoms with Crippen LogP contribution in [0.4, 0.5) is 11.4 Å². The fourth-order valence-corrected chi connectivity index (χ4v) is 3.46. The van der Waals surface area contributed by atoms with Crippen LogP contribution in [-0.2, 0) is 9.84 Å². The predicted octanol–water partition coefficient (Wildman–Crippen LogP) is 2.78. The van der Waals surface area contributed by atoms with Crippen molar-refractivity contribution in [3.8, 4) is 0 Å². The number of non-ortho nitro benzene ring substituents is 1. The SMILES string of the molecule is CNc1ccc(S(=O)(=O)c2ccc([N+](=O)[O-])cc2)c(C)c1. The Kier molecular flexibility index (Phi) is 3.95. The lowest BCUT2D eigenvalue weighted by Gasteiger charge is -2.09. The van der Waals surface area contributed by atoms with Gasteiger partial charge in [0.15, 0.2) is 0 Å². The van der Waals surface area contributed by atoms with Gasteiger partial charge in [0.2, 0.25) is 9.84 Å². The normalized spacial score (nSPS) is 11.1. The predicted molar refractivity (Wildman–Crippen MR) is 79.3 cm³/mol. The van der Waals surface area contributed by atoms with Gasteiger partial charge >= 0.3 is 0 Å². The monoisotopic (exact) mass is 306 g/mol. The highest BCUT2D eigenvalue weighted by Crippen LogP contribution is 2.27. The molecule has 0 atom stereocenters. The summed E-state index contributed by atoms with van der Waals surface area (Å²) in [5.41, 5.74) is 1.28. The topological polar surface area (TPSA) is 89.3 Å². The van der Waals surface area contributed by atoms with Crippen LogP contribution in [0, 0.1) is 17.0 Å². The van der Waals surface area contributed by atoms with Gasteiger partial charge in [0.1, 0.15) is 0 Å². The highest BCUT2D eigenvalue weighted by atomic mass is 32.2. The summed E-state index contributed by atoms with van der Waals surface area (Å²) in [7, 11) is -1.94.